The lowest BCUT2D eigenvalue weighted by molar-refractivity contribution is 0.0695. The lowest BCUT2D eigenvalue weighted by Crippen LogP contribution is -2.21. The van der Waals surface area contributed by atoms with Gasteiger partial charge in [0, 0.05) is 28.6 Å². The summed E-state index contributed by atoms with van der Waals surface area (Å²) in [7, 11) is 0. The van der Waals surface area contributed by atoms with E-state index in [9.17, 15) is 14.4 Å². The molecule has 2 aromatic rings. The van der Waals surface area contributed by atoms with Crippen molar-refractivity contribution >= 4 is 33.5 Å². The summed E-state index contributed by atoms with van der Waals surface area (Å²) >= 11 is 3.11. The summed E-state index contributed by atoms with van der Waals surface area (Å²) in [5, 5.41) is 11.5. The Morgan fingerprint density at radius 1 is 1.20 bits per heavy atom. The Morgan fingerprint density at radius 2 is 1.95 bits per heavy atom. The number of benzene rings is 1. The van der Waals surface area contributed by atoms with E-state index in [1.165, 1.54) is 36.7 Å². The zero-order chi connectivity index (χ0) is 14.7. The molecule has 1 heterocycles. The monoisotopic (exact) mass is 336 g/mol. The summed E-state index contributed by atoms with van der Waals surface area (Å²) in [4.78, 5) is 37.0. The van der Waals surface area contributed by atoms with Crippen molar-refractivity contribution in [3.05, 3.63) is 62.5 Å². The maximum Gasteiger partial charge on any atom is 0.336 e. The number of amides is 1. The van der Waals surface area contributed by atoms with Crippen LogP contribution in [0.3, 0.4) is 0 Å². The molecule has 0 unspecified atom stereocenters. The lowest BCUT2D eigenvalue weighted by atomic mass is 10.2. The van der Waals surface area contributed by atoms with Crippen LogP contribution in [0.15, 0.2) is 45.9 Å². The summed E-state index contributed by atoms with van der Waals surface area (Å²) in [5.74, 6) is -1.73. The van der Waals surface area contributed by atoms with E-state index in [4.69, 9.17) is 5.11 Å². The van der Waals surface area contributed by atoms with Gasteiger partial charge in [0.05, 0.1) is 5.56 Å². The highest BCUT2D eigenvalue weighted by atomic mass is 79.9. The van der Waals surface area contributed by atoms with Crippen molar-refractivity contribution in [1.29, 1.82) is 0 Å². The highest BCUT2D eigenvalue weighted by Gasteiger charge is 2.13. The SMILES string of the molecule is O=C(O)c1cc(NC(=O)c2c[nH]ccc2=O)ccc1Br. The number of aromatic nitrogens is 1. The normalized spacial score (nSPS) is 10.1. The van der Waals surface area contributed by atoms with E-state index in [2.05, 4.69) is 26.2 Å². The van der Waals surface area contributed by atoms with Crippen LogP contribution >= 0.6 is 15.9 Å². The van der Waals surface area contributed by atoms with Crippen molar-refractivity contribution < 1.29 is 14.7 Å². The van der Waals surface area contributed by atoms with Gasteiger partial charge in [0.25, 0.3) is 5.91 Å². The molecular weight excluding hydrogens is 328 g/mol. The molecule has 0 saturated heterocycles. The van der Waals surface area contributed by atoms with E-state index in [-0.39, 0.29) is 11.1 Å². The van der Waals surface area contributed by atoms with Gasteiger partial charge in [-0.3, -0.25) is 9.59 Å². The van der Waals surface area contributed by atoms with Gasteiger partial charge in [-0.05, 0) is 34.1 Å². The molecule has 3 N–H and O–H groups in total. The molecule has 0 saturated carbocycles. The molecule has 0 aliphatic heterocycles. The zero-order valence-electron chi connectivity index (χ0n) is 10.0. The average molecular weight is 337 g/mol. The standard InChI is InChI=1S/C13H9BrN2O4/c14-10-2-1-7(5-8(10)13(19)20)16-12(18)9-6-15-4-3-11(9)17/h1-6H,(H,15,17)(H,16,18)(H,19,20). The van der Waals surface area contributed by atoms with Crippen molar-refractivity contribution in [2.24, 2.45) is 0 Å². The molecule has 6 nitrogen and oxygen atoms in total. The minimum atomic E-state index is -1.12. The number of H-pyrrole nitrogens is 1. The molecule has 0 bridgehead atoms. The molecule has 0 aliphatic carbocycles. The van der Waals surface area contributed by atoms with Crippen LogP contribution in [-0.4, -0.2) is 22.0 Å². The minimum Gasteiger partial charge on any atom is -0.478 e. The quantitative estimate of drug-likeness (QED) is 0.798. The van der Waals surface area contributed by atoms with Crippen molar-refractivity contribution in [2.45, 2.75) is 0 Å². The third-order valence-electron chi connectivity index (χ3n) is 2.52. The van der Waals surface area contributed by atoms with Crippen molar-refractivity contribution in [3.63, 3.8) is 0 Å². The van der Waals surface area contributed by atoms with Gasteiger partial charge in [0.15, 0.2) is 5.43 Å². The number of halogens is 1. The number of carboxylic acid groups (broad SMARTS) is 1. The Balaban J connectivity index is 2.29. The van der Waals surface area contributed by atoms with Crippen molar-refractivity contribution in [1.82, 2.24) is 4.98 Å². The fourth-order valence-corrected chi connectivity index (χ4v) is 1.98. The largest absolute Gasteiger partial charge is 0.478 e. The summed E-state index contributed by atoms with van der Waals surface area (Å²) < 4.78 is 0.403. The van der Waals surface area contributed by atoms with E-state index in [1.54, 1.807) is 0 Å². The third-order valence-corrected chi connectivity index (χ3v) is 3.21. The molecule has 20 heavy (non-hydrogen) atoms. The molecule has 102 valence electrons. The number of hydrogen-bond donors (Lipinski definition) is 3. The smallest absolute Gasteiger partial charge is 0.336 e. The first-order valence-corrected chi connectivity index (χ1v) is 6.29. The van der Waals surface area contributed by atoms with Crippen LogP contribution in [0.4, 0.5) is 5.69 Å². The number of carboxylic acids is 1. The van der Waals surface area contributed by atoms with Crippen LogP contribution < -0.4 is 10.7 Å². The number of pyridine rings is 1. The number of rotatable bonds is 3. The highest BCUT2D eigenvalue weighted by molar-refractivity contribution is 9.10. The predicted molar refractivity (Wildman–Crippen MR) is 76.1 cm³/mol. The fraction of sp³-hybridized carbons (Fsp3) is 0. The first-order valence-electron chi connectivity index (χ1n) is 5.50. The van der Waals surface area contributed by atoms with Crippen molar-refractivity contribution in [2.75, 3.05) is 5.32 Å². The molecule has 7 heteroatoms. The van der Waals surface area contributed by atoms with E-state index in [0.29, 0.717) is 10.2 Å². The first kappa shape index (κ1) is 14.0. The van der Waals surface area contributed by atoms with Gasteiger partial charge < -0.3 is 15.4 Å². The molecule has 1 amide bonds. The molecule has 0 atom stereocenters. The minimum absolute atomic E-state index is 0.0183. The number of aromatic carboxylic acids is 1. The summed E-state index contributed by atoms with van der Waals surface area (Å²) in [6, 6.07) is 5.58. The summed E-state index contributed by atoms with van der Waals surface area (Å²) in [6.45, 7) is 0. The van der Waals surface area contributed by atoms with Gasteiger partial charge >= 0.3 is 5.97 Å². The van der Waals surface area contributed by atoms with Gasteiger partial charge in [0.1, 0.15) is 5.56 Å². The molecule has 1 aromatic heterocycles. The molecule has 0 radical (unpaired) electrons. The van der Waals surface area contributed by atoms with E-state index in [1.807, 2.05) is 0 Å². The Kier molecular flexibility index (Phi) is 3.99. The number of carbonyl (C=O) groups is 2. The zero-order valence-corrected chi connectivity index (χ0v) is 11.6. The second-order valence-corrected chi connectivity index (χ2v) is 4.73. The van der Waals surface area contributed by atoms with Crippen LogP contribution in [0.5, 0.6) is 0 Å². The number of hydrogen-bond acceptors (Lipinski definition) is 3. The third kappa shape index (κ3) is 2.94. The van der Waals surface area contributed by atoms with Gasteiger partial charge in [-0.15, -0.1) is 0 Å². The first-order chi connectivity index (χ1) is 9.49. The Labute approximate surface area is 121 Å². The number of carbonyl (C=O) groups excluding carboxylic acids is 1. The molecular formula is C13H9BrN2O4. The van der Waals surface area contributed by atoms with Gasteiger partial charge in [0.2, 0.25) is 0 Å². The van der Waals surface area contributed by atoms with E-state index >= 15 is 0 Å². The Bertz CT molecular complexity index is 739. The maximum absolute atomic E-state index is 11.9. The number of nitrogens with one attached hydrogen (secondary N) is 2. The maximum atomic E-state index is 11.9. The highest BCUT2D eigenvalue weighted by Crippen LogP contribution is 2.21. The summed E-state index contributed by atoms with van der Waals surface area (Å²) in [5.41, 5.74) is -0.160. The topological polar surface area (TPSA) is 99.3 Å². The lowest BCUT2D eigenvalue weighted by Gasteiger charge is -2.06. The van der Waals surface area contributed by atoms with Gasteiger partial charge in [-0.2, -0.15) is 0 Å². The van der Waals surface area contributed by atoms with Crippen molar-refractivity contribution in [3.8, 4) is 0 Å². The van der Waals surface area contributed by atoms with E-state index in [0.717, 1.165) is 0 Å². The molecule has 0 fully saturated rings. The summed E-state index contributed by atoms with van der Waals surface area (Å²) in [6.07, 6.45) is 2.70. The van der Waals surface area contributed by atoms with Crippen LogP contribution in [0.2, 0.25) is 0 Å². The molecule has 0 spiro atoms. The Hall–Kier alpha value is -2.41. The van der Waals surface area contributed by atoms with Gasteiger partial charge in [-0.25, -0.2) is 4.79 Å². The second-order valence-electron chi connectivity index (χ2n) is 3.88. The van der Waals surface area contributed by atoms with Crippen LogP contribution in [-0.2, 0) is 0 Å². The average Bonchev–Trinajstić information content (AvgIpc) is 2.41. The number of aromatic amines is 1. The fourth-order valence-electron chi connectivity index (χ4n) is 1.56. The molecule has 0 aliphatic rings. The molecule has 1 aromatic carbocycles. The second kappa shape index (κ2) is 5.70. The van der Waals surface area contributed by atoms with Crippen LogP contribution in [0.25, 0.3) is 0 Å². The van der Waals surface area contributed by atoms with Crippen LogP contribution in [0.1, 0.15) is 20.7 Å². The van der Waals surface area contributed by atoms with E-state index < -0.39 is 17.3 Å². The van der Waals surface area contributed by atoms with Crippen LogP contribution in [0, 0.1) is 0 Å². The number of anilines is 1. The Morgan fingerprint density at radius 3 is 2.60 bits per heavy atom. The molecule has 2 rings (SSSR count). The predicted octanol–water partition coefficient (Wildman–Crippen LogP) is 2.09. The van der Waals surface area contributed by atoms with Gasteiger partial charge in [-0.1, -0.05) is 0 Å².